The van der Waals surface area contributed by atoms with Gasteiger partial charge in [0, 0.05) is 45.1 Å². The van der Waals surface area contributed by atoms with Crippen LogP contribution in [0.4, 0.5) is 0 Å². The zero-order valence-electron chi connectivity index (χ0n) is 40.3. The summed E-state index contributed by atoms with van der Waals surface area (Å²) in [6.45, 7) is 10.7. The van der Waals surface area contributed by atoms with Crippen LogP contribution in [0, 0.1) is 20.8 Å². The molecule has 0 spiro atoms. The monoisotopic (exact) mass is 894 g/mol. The number of rotatable bonds is 40. The molecule has 0 bridgehead atoms. The Hall–Kier alpha value is -2.43. The lowest BCUT2D eigenvalue weighted by atomic mass is 10.0. The number of phosphoric ester groups is 1. The van der Waals surface area contributed by atoms with Crippen molar-refractivity contribution in [3.05, 3.63) is 45.8 Å². The van der Waals surface area contributed by atoms with Crippen molar-refractivity contribution >= 4 is 19.8 Å². The second kappa shape index (κ2) is 34.0. The molecule has 1 N–H and O–H groups in total. The van der Waals surface area contributed by atoms with Crippen LogP contribution < -0.4 is 0 Å². The average molecular weight is 894 g/mol. The summed E-state index contributed by atoms with van der Waals surface area (Å²) in [5.41, 5.74) is 3.94. The summed E-state index contributed by atoms with van der Waals surface area (Å²) < 4.78 is 46.0. The molecule has 2 aromatic rings. The Kier molecular flexibility index (Phi) is 30.5. The topological polar surface area (TPSA) is 138 Å². The number of likely N-dealkylation sites (N-methyl/N-ethyl adjacent to an activating group) is 1. The molecular formula is C50H88NO10P. The first kappa shape index (κ1) is 55.7. The van der Waals surface area contributed by atoms with Gasteiger partial charge in [0.15, 0.2) is 6.10 Å². The van der Waals surface area contributed by atoms with Gasteiger partial charge in [0.2, 0.25) is 0 Å². The Labute approximate surface area is 376 Å². The van der Waals surface area contributed by atoms with E-state index in [9.17, 15) is 19.0 Å². The lowest BCUT2D eigenvalue weighted by Crippen LogP contribution is -2.29. The Bertz CT molecular complexity index is 1520. The smallest absolute Gasteiger partial charge is 0.466 e. The van der Waals surface area contributed by atoms with E-state index in [1.54, 1.807) is 0 Å². The van der Waals surface area contributed by atoms with Crippen molar-refractivity contribution in [2.24, 2.45) is 0 Å². The first-order valence-electron chi connectivity index (χ1n) is 24.6. The van der Waals surface area contributed by atoms with Crippen LogP contribution in [0.15, 0.2) is 14.9 Å². The summed E-state index contributed by atoms with van der Waals surface area (Å²) >= 11 is 0. The number of hydrogen-bond acceptors (Lipinski definition) is 10. The SMILES string of the molecule is CCCCCc1cc(C)c(CCCCCCCCC(=O)OC[C@H](COP(=O)(O)OCCN(C)C)OC(=O)CCCCCCCCCCCCc2oc(CCCCC)c(C)c2C)o1. The third-order valence-corrected chi connectivity index (χ3v) is 12.7. The maximum absolute atomic E-state index is 12.8. The number of hydrogen-bond donors (Lipinski definition) is 1. The largest absolute Gasteiger partial charge is 0.472 e. The average Bonchev–Trinajstić information content (AvgIpc) is 3.72. The van der Waals surface area contributed by atoms with Gasteiger partial charge < -0.3 is 28.1 Å². The Morgan fingerprint density at radius 3 is 1.61 bits per heavy atom. The fourth-order valence-electron chi connectivity index (χ4n) is 7.65. The molecule has 0 fully saturated rings. The van der Waals surface area contributed by atoms with E-state index in [0.29, 0.717) is 19.4 Å². The van der Waals surface area contributed by atoms with Gasteiger partial charge in [0.1, 0.15) is 29.6 Å². The van der Waals surface area contributed by atoms with Crippen LogP contribution in [-0.4, -0.2) is 68.3 Å². The molecular weight excluding hydrogens is 806 g/mol. The molecule has 2 aromatic heterocycles. The highest BCUT2D eigenvalue weighted by Gasteiger charge is 2.26. The molecule has 0 aromatic carbocycles. The Morgan fingerprint density at radius 1 is 0.613 bits per heavy atom. The number of carbonyl (C=O) groups is 2. The molecule has 0 amide bonds. The Balaban J connectivity index is 1.60. The summed E-state index contributed by atoms with van der Waals surface area (Å²) in [7, 11) is -0.743. The summed E-state index contributed by atoms with van der Waals surface area (Å²) in [5.74, 6) is 3.75. The van der Waals surface area contributed by atoms with Gasteiger partial charge in [0.05, 0.1) is 13.2 Å². The maximum atomic E-state index is 12.8. The van der Waals surface area contributed by atoms with E-state index in [4.69, 9.17) is 27.4 Å². The van der Waals surface area contributed by atoms with Crippen molar-refractivity contribution in [2.75, 3.05) is 40.5 Å². The van der Waals surface area contributed by atoms with Crippen LogP contribution in [-0.2, 0) is 58.4 Å². The van der Waals surface area contributed by atoms with Crippen molar-refractivity contribution in [1.82, 2.24) is 4.90 Å². The lowest BCUT2D eigenvalue weighted by molar-refractivity contribution is -0.161. The molecule has 2 atom stereocenters. The molecule has 0 radical (unpaired) electrons. The van der Waals surface area contributed by atoms with Crippen molar-refractivity contribution in [2.45, 2.75) is 221 Å². The van der Waals surface area contributed by atoms with E-state index in [1.807, 2.05) is 19.0 Å². The molecule has 358 valence electrons. The minimum atomic E-state index is -4.39. The summed E-state index contributed by atoms with van der Waals surface area (Å²) in [5, 5.41) is 0. The number of esters is 2. The van der Waals surface area contributed by atoms with Gasteiger partial charge in [-0.05, 0) is 96.1 Å². The van der Waals surface area contributed by atoms with Gasteiger partial charge in [0.25, 0.3) is 0 Å². The van der Waals surface area contributed by atoms with Crippen LogP contribution in [0.5, 0.6) is 0 Å². The van der Waals surface area contributed by atoms with Gasteiger partial charge in [-0.15, -0.1) is 0 Å². The highest BCUT2D eigenvalue weighted by molar-refractivity contribution is 7.47. The van der Waals surface area contributed by atoms with Crippen molar-refractivity contribution in [3.8, 4) is 0 Å². The molecule has 1 unspecified atom stereocenters. The first-order chi connectivity index (χ1) is 29.8. The van der Waals surface area contributed by atoms with Gasteiger partial charge in [-0.3, -0.25) is 18.6 Å². The minimum Gasteiger partial charge on any atom is -0.466 e. The van der Waals surface area contributed by atoms with Crippen LogP contribution in [0.25, 0.3) is 0 Å². The van der Waals surface area contributed by atoms with E-state index in [2.05, 4.69) is 40.7 Å². The van der Waals surface area contributed by atoms with Crippen LogP contribution in [0.2, 0.25) is 0 Å². The number of nitrogens with zero attached hydrogens (tertiary/aromatic N) is 1. The van der Waals surface area contributed by atoms with Gasteiger partial charge >= 0.3 is 19.8 Å². The number of ether oxygens (including phenoxy) is 2. The molecule has 12 heteroatoms. The number of aryl methyl sites for hydroxylation is 5. The third kappa shape index (κ3) is 26.4. The fraction of sp³-hybridized carbons (Fsp3) is 0.800. The van der Waals surface area contributed by atoms with E-state index in [-0.39, 0.29) is 26.1 Å². The van der Waals surface area contributed by atoms with Crippen molar-refractivity contribution in [1.29, 1.82) is 0 Å². The second-order valence-electron chi connectivity index (χ2n) is 17.8. The first-order valence-corrected chi connectivity index (χ1v) is 26.1. The van der Waals surface area contributed by atoms with Crippen LogP contribution in [0.3, 0.4) is 0 Å². The van der Waals surface area contributed by atoms with E-state index >= 15 is 0 Å². The summed E-state index contributed by atoms with van der Waals surface area (Å²) in [6, 6.07) is 2.19. The highest BCUT2D eigenvalue weighted by Crippen LogP contribution is 2.43. The molecule has 11 nitrogen and oxygen atoms in total. The lowest BCUT2D eigenvalue weighted by Gasteiger charge is -2.20. The predicted octanol–water partition coefficient (Wildman–Crippen LogP) is 13.2. The highest BCUT2D eigenvalue weighted by atomic mass is 31.2. The van der Waals surface area contributed by atoms with Crippen LogP contribution in [0.1, 0.15) is 208 Å². The van der Waals surface area contributed by atoms with E-state index in [1.165, 1.54) is 105 Å². The number of unbranched alkanes of at least 4 members (excludes halogenated alkanes) is 18. The minimum absolute atomic E-state index is 0.00406. The third-order valence-electron chi connectivity index (χ3n) is 11.8. The molecule has 0 aliphatic heterocycles. The van der Waals surface area contributed by atoms with E-state index in [0.717, 1.165) is 88.6 Å². The zero-order chi connectivity index (χ0) is 45.4. The normalized spacial score (nSPS) is 13.2. The number of furan rings is 2. The second-order valence-corrected chi connectivity index (χ2v) is 19.2. The fourth-order valence-corrected chi connectivity index (χ4v) is 8.39. The summed E-state index contributed by atoms with van der Waals surface area (Å²) in [6.07, 6.45) is 27.9. The number of phosphoric acid groups is 1. The van der Waals surface area contributed by atoms with Gasteiger partial charge in [-0.1, -0.05) is 117 Å². The molecule has 0 saturated heterocycles. The van der Waals surface area contributed by atoms with Gasteiger partial charge in [-0.25, -0.2) is 4.57 Å². The molecule has 0 aliphatic carbocycles. The molecule has 2 rings (SSSR count). The quantitative estimate of drug-likeness (QED) is 0.0389. The maximum Gasteiger partial charge on any atom is 0.472 e. The van der Waals surface area contributed by atoms with Gasteiger partial charge in [-0.2, -0.15) is 0 Å². The Morgan fingerprint density at radius 2 is 1.08 bits per heavy atom. The molecule has 62 heavy (non-hydrogen) atoms. The molecule has 0 saturated carbocycles. The summed E-state index contributed by atoms with van der Waals surface area (Å²) in [4.78, 5) is 37.3. The predicted molar refractivity (Wildman–Crippen MR) is 250 cm³/mol. The van der Waals surface area contributed by atoms with Crippen molar-refractivity contribution in [3.63, 3.8) is 0 Å². The van der Waals surface area contributed by atoms with Crippen molar-refractivity contribution < 1.29 is 46.4 Å². The van der Waals surface area contributed by atoms with E-state index < -0.39 is 32.5 Å². The zero-order valence-corrected chi connectivity index (χ0v) is 41.2. The van der Waals surface area contributed by atoms with Crippen LogP contribution >= 0.6 is 7.82 Å². The standard InChI is InChI=1S/C50H88NO10P/c1-8-10-24-30-44-38-41(3)46(59-44)31-26-20-18-19-22-28-34-49(52)56-39-45(40-58-62(54,55)57-37-36-51(6)7)60-50(53)35-29-23-17-15-13-12-14-16-21-27-33-48-43(5)42(4)47(61-48)32-25-11-9-2/h38,45H,8-37,39-40H2,1-7H3,(H,54,55)/t45-/m1/s1. The number of carbonyl (C=O) groups excluding carboxylic acids is 2. The molecule has 2 heterocycles. The molecule has 0 aliphatic rings.